The number of pyridine rings is 1. The molecule has 4 heteroatoms. The van der Waals surface area contributed by atoms with Crippen LogP contribution in [0, 0.1) is 19.8 Å². The average molecular weight is 351 g/mol. The molecule has 2 atom stereocenters. The van der Waals surface area contributed by atoms with E-state index in [0.717, 1.165) is 48.9 Å². The summed E-state index contributed by atoms with van der Waals surface area (Å²) < 4.78 is 0. The summed E-state index contributed by atoms with van der Waals surface area (Å²) in [7, 11) is 0. The molecule has 0 spiro atoms. The number of nitrogens with zero attached hydrogens (tertiary/aromatic N) is 2. The van der Waals surface area contributed by atoms with Crippen LogP contribution < -0.4 is 5.43 Å². The molecule has 0 aliphatic carbocycles. The first-order valence-electron chi connectivity index (χ1n) is 9.78. The number of hydrogen-bond acceptors (Lipinski definition) is 3. The van der Waals surface area contributed by atoms with Gasteiger partial charge in [0.05, 0.1) is 0 Å². The molecule has 26 heavy (non-hydrogen) atoms. The minimum Gasteiger partial charge on any atom is -0.363 e. The van der Waals surface area contributed by atoms with Crippen LogP contribution in [-0.4, -0.2) is 40.5 Å². The highest BCUT2D eigenvalue weighted by Crippen LogP contribution is 2.29. The van der Waals surface area contributed by atoms with Crippen LogP contribution in [0.15, 0.2) is 41.3 Å². The Labute approximate surface area is 155 Å². The van der Waals surface area contributed by atoms with E-state index in [9.17, 15) is 4.79 Å². The molecule has 0 radical (unpaired) electrons. The molecule has 2 bridgehead atoms. The van der Waals surface area contributed by atoms with Crippen molar-refractivity contribution in [2.75, 3.05) is 19.6 Å². The number of fused-ring (bicyclic) bond motifs is 4. The Morgan fingerprint density at radius 2 is 1.85 bits per heavy atom. The predicted molar refractivity (Wildman–Crippen MR) is 105 cm³/mol. The second kappa shape index (κ2) is 7.37. The zero-order chi connectivity index (χ0) is 18.1. The van der Waals surface area contributed by atoms with Crippen molar-refractivity contribution >= 4 is 0 Å². The van der Waals surface area contributed by atoms with E-state index in [4.69, 9.17) is 0 Å². The van der Waals surface area contributed by atoms with E-state index in [1.807, 2.05) is 20.0 Å². The molecule has 3 saturated heterocycles. The molecule has 5 rings (SSSR count). The molecule has 1 aromatic heterocycles. The normalized spacial score (nSPS) is 23.9. The van der Waals surface area contributed by atoms with Gasteiger partial charge in [-0.2, -0.15) is 0 Å². The SMILES string of the molecule is Cc1c[nH]c(CN2C[C@H]3CC[C@@H](C2)N(Cc2ccccc2)C3)c(C)c1=O. The Bertz CT molecular complexity index is 814. The number of benzene rings is 1. The Balaban J connectivity index is 1.48. The monoisotopic (exact) mass is 351 g/mol. The second-order valence-corrected chi connectivity index (χ2v) is 8.11. The number of piperidine rings is 1. The molecule has 1 N–H and O–H groups in total. The van der Waals surface area contributed by atoms with Crippen LogP contribution in [0.5, 0.6) is 0 Å². The first-order chi connectivity index (χ1) is 12.6. The van der Waals surface area contributed by atoms with E-state index in [2.05, 4.69) is 45.1 Å². The van der Waals surface area contributed by atoms with Gasteiger partial charge in [0.1, 0.15) is 0 Å². The summed E-state index contributed by atoms with van der Waals surface area (Å²) in [5.74, 6) is 0.731. The van der Waals surface area contributed by atoms with Gasteiger partial charge in [-0.1, -0.05) is 30.3 Å². The van der Waals surface area contributed by atoms with E-state index in [1.54, 1.807) is 0 Å². The molecule has 0 saturated carbocycles. The fourth-order valence-electron chi connectivity index (χ4n) is 4.61. The molecular weight excluding hydrogens is 322 g/mol. The molecular formula is C22H29N3O. The smallest absolute Gasteiger partial charge is 0.187 e. The first kappa shape index (κ1) is 17.5. The van der Waals surface area contributed by atoms with Gasteiger partial charge in [-0.15, -0.1) is 0 Å². The summed E-state index contributed by atoms with van der Waals surface area (Å²) in [6.45, 7) is 9.16. The number of aryl methyl sites for hydroxylation is 1. The maximum absolute atomic E-state index is 12.2. The van der Waals surface area contributed by atoms with E-state index >= 15 is 0 Å². The number of aromatic nitrogens is 1. The maximum atomic E-state index is 12.2. The van der Waals surface area contributed by atoms with Gasteiger partial charge in [-0.3, -0.25) is 14.6 Å². The molecule has 4 nitrogen and oxygen atoms in total. The van der Waals surface area contributed by atoms with Crippen molar-refractivity contribution < 1.29 is 0 Å². The molecule has 3 aliphatic heterocycles. The number of rotatable bonds is 4. The van der Waals surface area contributed by atoms with Gasteiger partial charge in [0.15, 0.2) is 5.43 Å². The lowest BCUT2D eigenvalue weighted by molar-refractivity contribution is 0.123. The van der Waals surface area contributed by atoms with Crippen molar-refractivity contribution in [1.82, 2.24) is 14.8 Å². The molecule has 0 amide bonds. The molecule has 3 aliphatic rings. The van der Waals surface area contributed by atoms with Crippen molar-refractivity contribution in [2.45, 2.75) is 45.8 Å². The van der Waals surface area contributed by atoms with Crippen molar-refractivity contribution in [2.24, 2.45) is 5.92 Å². The van der Waals surface area contributed by atoms with Gasteiger partial charge in [0, 0.05) is 61.8 Å². The van der Waals surface area contributed by atoms with E-state index in [-0.39, 0.29) is 5.43 Å². The van der Waals surface area contributed by atoms with Crippen LogP contribution >= 0.6 is 0 Å². The van der Waals surface area contributed by atoms with Crippen LogP contribution in [0.2, 0.25) is 0 Å². The third-order valence-corrected chi connectivity index (χ3v) is 6.13. The summed E-state index contributed by atoms with van der Waals surface area (Å²) in [6, 6.07) is 11.4. The Morgan fingerprint density at radius 3 is 2.65 bits per heavy atom. The van der Waals surface area contributed by atoms with Crippen LogP contribution in [0.25, 0.3) is 0 Å². The summed E-state index contributed by atoms with van der Waals surface area (Å²) in [4.78, 5) is 20.8. The van der Waals surface area contributed by atoms with Crippen LogP contribution in [0.1, 0.15) is 35.2 Å². The van der Waals surface area contributed by atoms with E-state index in [0.29, 0.717) is 6.04 Å². The summed E-state index contributed by atoms with van der Waals surface area (Å²) in [5.41, 5.74) is 4.35. The van der Waals surface area contributed by atoms with Gasteiger partial charge < -0.3 is 4.98 Å². The Kier molecular flexibility index (Phi) is 4.96. The highest BCUT2D eigenvalue weighted by molar-refractivity contribution is 5.23. The zero-order valence-electron chi connectivity index (χ0n) is 15.9. The molecule has 138 valence electrons. The minimum absolute atomic E-state index is 0.183. The van der Waals surface area contributed by atoms with Crippen molar-refractivity contribution in [3.8, 4) is 0 Å². The Morgan fingerprint density at radius 1 is 1.04 bits per heavy atom. The van der Waals surface area contributed by atoms with Gasteiger partial charge >= 0.3 is 0 Å². The van der Waals surface area contributed by atoms with Crippen molar-refractivity contribution in [3.05, 3.63) is 69.1 Å². The zero-order valence-corrected chi connectivity index (χ0v) is 15.9. The third kappa shape index (κ3) is 3.62. The Hall–Kier alpha value is -1.91. The van der Waals surface area contributed by atoms with Crippen molar-refractivity contribution in [1.29, 1.82) is 0 Å². The lowest BCUT2D eigenvalue weighted by atomic mass is 9.94. The molecule has 2 aromatic rings. The van der Waals surface area contributed by atoms with Gasteiger partial charge in [-0.05, 0) is 38.2 Å². The van der Waals surface area contributed by atoms with Gasteiger partial charge in [0.2, 0.25) is 0 Å². The second-order valence-electron chi connectivity index (χ2n) is 8.11. The summed E-state index contributed by atoms with van der Waals surface area (Å²) in [5, 5.41) is 0. The highest BCUT2D eigenvalue weighted by Gasteiger charge is 2.34. The molecule has 0 unspecified atom stereocenters. The number of H-pyrrole nitrogens is 1. The molecule has 4 heterocycles. The van der Waals surface area contributed by atoms with Gasteiger partial charge in [-0.25, -0.2) is 0 Å². The lowest BCUT2D eigenvalue weighted by Gasteiger charge is -2.36. The van der Waals surface area contributed by atoms with Crippen LogP contribution in [0.4, 0.5) is 0 Å². The topological polar surface area (TPSA) is 39.3 Å². The van der Waals surface area contributed by atoms with E-state index < -0.39 is 0 Å². The average Bonchev–Trinajstić information content (AvgIpc) is 2.94. The third-order valence-electron chi connectivity index (χ3n) is 6.13. The van der Waals surface area contributed by atoms with Crippen LogP contribution in [-0.2, 0) is 13.1 Å². The highest BCUT2D eigenvalue weighted by atomic mass is 16.1. The maximum Gasteiger partial charge on any atom is 0.187 e. The predicted octanol–water partition coefficient (Wildman–Crippen LogP) is 3.09. The first-order valence-corrected chi connectivity index (χ1v) is 9.78. The fraction of sp³-hybridized carbons (Fsp3) is 0.500. The lowest BCUT2D eigenvalue weighted by Crippen LogP contribution is -2.43. The molecule has 1 aromatic carbocycles. The summed E-state index contributed by atoms with van der Waals surface area (Å²) in [6.07, 6.45) is 4.48. The van der Waals surface area contributed by atoms with Crippen LogP contribution in [0.3, 0.4) is 0 Å². The standard InChI is InChI=1S/C22H29N3O/c1-16-10-23-21(17(2)22(16)26)15-24-11-19-8-9-20(14-24)25(13-19)12-18-6-4-3-5-7-18/h3-7,10,19-20H,8-9,11-15H2,1-2H3,(H,23,26)/t19-,20+/m1/s1. The number of aromatic amines is 1. The minimum atomic E-state index is 0.183. The fourth-order valence-corrected chi connectivity index (χ4v) is 4.61. The van der Waals surface area contributed by atoms with E-state index in [1.165, 1.54) is 24.9 Å². The van der Waals surface area contributed by atoms with Crippen molar-refractivity contribution in [3.63, 3.8) is 0 Å². The summed E-state index contributed by atoms with van der Waals surface area (Å²) >= 11 is 0. The quantitative estimate of drug-likeness (QED) is 0.920. The van der Waals surface area contributed by atoms with Gasteiger partial charge in [0.25, 0.3) is 0 Å². The number of nitrogens with one attached hydrogen (secondary N) is 1. The molecule has 3 fully saturated rings. The largest absolute Gasteiger partial charge is 0.363 e. The number of hydrogen-bond donors (Lipinski definition) is 1.